The van der Waals surface area contributed by atoms with E-state index in [0.29, 0.717) is 28.8 Å². The Hall–Kier alpha value is -2.31. The average molecular weight is 262 g/mol. The van der Waals surface area contributed by atoms with Gasteiger partial charge in [0.05, 0.1) is 5.69 Å². The summed E-state index contributed by atoms with van der Waals surface area (Å²) in [5.74, 6) is -0.411. The lowest BCUT2D eigenvalue weighted by atomic mass is 10.3. The number of anilines is 1. The van der Waals surface area contributed by atoms with Gasteiger partial charge in [-0.3, -0.25) is 0 Å². The van der Waals surface area contributed by atoms with Crippen LogP contribution in [0.2, 0.25) is 0 Å². The van der Waals surface area contributed by atoms with Crippen molar-refractivity contribution >= 4 is 11.7 Å². The Balaban J connectivity index is 1.72. The molecule has 100 valence electrons. The summed E-state index contributed by atoms with van der Waals surface area (Å²) in [6.07, 6.45) is 3.92. The van der Waals surface area contributed by atoms with E-state index < -0.39 is 5.97 Å². The van der Waals surface area contributed by atoms with Crippen molar-refractivity contribution in [3.05, 3.63) is 29.3 Å². The molecule has 0 atom stereocenters. The number of aromatic nitrogens is 3. The first-order valence-electron chi connectivity index (χ1n) is 6.07. The van der Waals surface area contributed by atoms with E-state index in [2.05, 4.69) is 14.9 Å². The highest BCUT2D eigenvalue weighted by Gasteiger charge is 2.28. The van der Waals surface area contributed by atoms with E-state index in [9.17, 15) is 4.79 Å². The van der Waals surface area contributed by atoms with Crippen LogP contribution in [0, 0.1) is 6.92 Å². The number of nitrogen functional groups attached to an aromatic ring is 1. The topological polar surface area (TPSA) is 96.2 Å². The number of nitrogens with zero attached hydrogens (tertiary/aromatic N) is 3. The van der Waals surface area contributed by atoms with Crippen LogP contribution >= 0.6 is 0 Å². The molecule has 0 amide bonds. The second kappa shape index (κ2) is 4.42. The lowest BCUT2D eigenvalue weighted by Crippen LogP contribution is -2.11. The van der Waals surface area contributed by atoms with Gasteiger partial charge < -0.3 is 15.0 Å². The molecule has 7 nitrogen and oxygen atoms in total. The van der Waals surface area contributed by atoms with Crippen LogP contribution in [0.4, 0.5) is 5.69 Å². The minimum absolute atomic E-state index is 0.0456. The molecular weight excluding hydrogens is 248 g/mol. The van der Waals surface area contributed by atoms with Crippen molar-refractivity contribution in [2.75, 3.05) is 5.73 Å². The normalized spacial score (nSPS) is 14.6. The number of hydrogen-bond acceptors (Lipinski definition) is 6. The minimum Gasteiger partial charge on any atom is -0.454 e. The minimum atomic E-state index is -0.411. The summed E-state index contributed by atoms with van der Waals surface area (Å²) in [5.41, 5.74) is 7.92. The summed E-state index contributed by atoms with van der Waals surface area (Å²) in [6.45, 7) is 1.79. The first-order valence-corrected chi connectivity index (χ1v) is 6.07. The van der Waals surface area contributed by atoms with Crippen molar-refractivity contribution in [1.29, 1.82) is 0 Å². The first-order chi connectivity index (χ1) is 9.15. The zero-order valence-electron chi connectivity index (χ0n) is 10.5. The van der Waals surface area contributed by atoms with Gasteiger partial charge in [-0.05, 0) is 25.8 Å². The number of hydrogen-bond donors (Lipinski definition) is 1. The molecular formula is C12H14N4O3. The predicted octanol–water partition coefficient (Wildman–Crippen LogP) is 1.45. The number of ether oxygens (including phenoxy) is 1. The summed E-state index contributed by atoms with van der Waals surface area (Å²) in [5, 5.41) is 7.29. The van der Waals surface area contributed by atoms with Gasteiger partial charge in [-0.1, -0.05) is 10.3 Å². The van der Waals surface area contributed by atoms with E-state index in [0.717, 1.165) is 12.8 Å². The summed E-state index contributed by atoms with van der Waals surface area (Å²) in [6, 6.07) is 2.00. The molecule has 2 aromatic heterocycles. The smallest absolute Gasteiger partial charge is 0.355 e. The van der Waals surface area contributed by atoms with Crippen molar-refractivity contribution in [2.45, 2.75) is 32.4 Å². The van der Waals surface area contributed by atoms with Crippen LogP contribution in [0.5, 0.6) is 0 Å². The third-order valence-electron chi connectivity index (χ3n) is 3.11. The van der Waals surface area contributed by atoms with Gasteiger partial charge in [-0.25, -0.2) is 9.42 Å². The van der Waals surface area contributed by atoms with Crippen molar-refractivity contribution in [3.8, 4) is 0 Å². The second-order valence-corrected chi connectivity index (χ2v) is 4.67. The van der Waals surface area contributed by atoms with Crippen LogP contribution in [0.1, 0.15) is 40.8 Å². The number of nitrogens with two attached hydrogens (primary N) is 1. The molecule has 0 unspecified atom stereocenters. The molecule has 0 bridgehead atoms. The molecule has 0 radical (unpaired) electrons. The fourth-order valence-electron chi connectivity index (χ4n) is 1.91. The average Bonchev–Trinajstić information content (AvgIpc) is 3.04. The fourth-order valence-corrected chi connectivity index (χ4v) is 1.91. The second-order valence-electron chi connectivity index (χ2n) is 4.67. The highest BCUT2D eigenvalue weighted by molar-refractivity contribution is 5.89. The van der Waals surface area contributed by atoms with Crippen molar-refractivity contribution in [1.82, 2.24) is 14.9 Å². The Kier molecular flexibility index (Phi) is 2.73. The molecule has 2 heterocycles. The van der Waals surface area contributed by atoms with Gasteiger partial charge in [0.15, 0.2) is 0 Å². The van der Waals surface area contributed by atoms with E-state index in [-0.39, 0.29) is 6.61 Å². The highest BCUT2D eigenvalue weighted by Crippen LogP contribution is 2.37. The molecule has 2 N–H and O–H groups in total. The maximum absolute atomic E-state index is 12.0. The summed E-state index contributed by atoms with van der Waals surface area (Å²) in [4.78, 5) is 12.0. The molecule has 0 saturated heterocycles. The van der Waals surface area contributed by atoms with E-state index in [1.54, 1.807) is 19.2 Å². The van der Waals surface area contributed by atoms with Crippen LogP contribution in [0.25, 0.3) is 0 Å². The SMILES string of the molecule is Cc1nonc1COC(=O)c1cc(N)cn1C1CC1. The molecule has 0 spiro atoms. The molecule has 7 heteroatoms. The van der Waals surface area contributed by atoms with E-state index in [4.69, 9.17) is 10.5 Å². The molecule has 1 fully saturated rings. The van der Waals surface area contributed by atoms with Gasteiger partial charge in [0.2, 0.25) is 0 Å². The van der Waals surface area contributed by atoms with E-state index in [1.165, 1.54) is 0 Å². The number of aryl methyl sites for hydroxylation is 1. The number of rotatable bonds is 4. The largest absolute Gasteiger partial charge is 0.454 e. The van der Waals surface area contributed by atoms with Gasteiger partial charge in [0.1, 0.15) is 23.7 Å². The summed E-state index contributed by atoms with van der Waals surface area (Å²) in [7, 11) is 0. The molecule has 1 aliphatic rings. The number of carbonyl (C=O) groups is 1. The molecule has 3 rings (SSSR count). The Labute approximate surface area is 109 Å². The van der Waals surface area contributed by atoms with Gasteiger partial charge in [-0.15, -0.1) is 0 Å². The summed E-state index contributed by atoms with van der Waals surface area (Å²) >= 11 is 0. The van der Waals surface area contributed by atoms with Gasteiger partial charge >= 0.3 is 5.97 Å². The fraction of sp³-hybridized carbons (Fsp3) is 0.417. The number of carbonyl (C=O) groups excluding carboxylic acids is 1. The monoisotopic (exact) mass is 262 g/mol. The van der Waals surface area contributed by atoms with Crippen LogP contribution in [-0.4, -0.2) is 20.8 Å². The molecule has 0 aliphatic heterocycles. The maximum atomic E-state index is 12.0. The lowest BCUT2D eigenvalue weighted by Gasteiger charge is -2.06. The Morgan fingerprint density at radius 2 is 2.37 bits per heavy atom. The Morgan fingerprint density at radius 1 is 1.58 bits per heavy atom. The van der Waals surface area contributed by atoms with E-state index in [1.807, 2.05) is 4.57 Å². The zero-order chi connectivity index (χ0) is 13.4. The number of esters is 1. The Bertz CT molecular complexity index is 612. The van der Waals surface area contributed by atoms with Crippen molar-refractivity contribution in [3.63, 3.8) is 0 Å². The van der Waals surface area contributed by atoms with Crippen LogP contribution in [-0.2, 0) is 11.3 Å². The standard InChI is InChI=1S/C12H14N4O3/c1-7-10(15-19-14-7)6-18-12(17)11-4-8(13)5-16(11)9-2-3-9/h4-5,9H,2-3,6,13H2,1H3. The lowest BCUT2D eigenvalue weighted by molar-refractivity contribution is 0.0450. The van der Waals surface area contributed by atoms with Crippen molar-refractivity contribution < 1.29 is 14.2 Å². The summed E-state index contributed by atoms with van der Waals surface area (Å²) < 4.78 is 11.6. The van der Waals surface area contributed by atoms with Gasteiger partial charge in [-0.2, -0.15) is 0 Å². The van der Waals surface area contributed by atoms with Crippen LogP contribution in [0.15, 0.2) is 16.9 Å². The van der Waals surface area contributed by atoms with Gasteiger partial charge in [0, 0.05) is 12.2 Å². The molecule has 19 heavy (non-hydrogen) atoms. The highest BCUT2D eigenvalue weighted by atomic mass is 16.6. The predicted molar refractivity (Wildman–Crippen MR) is 65.3 cm³/mol. The molecule has 1 aliphatic carbocycles. The quantitative estimate of drug-likeness (QED) is 0.838. The molecule has 2 aromatic rings. The van der Waals surface area contributed by atoms with Gasteiger partial charge in [0.25, 0.3) is 0 Å². The van der Waals surface area contributed by atoms with Crippen LogP contribution in [0.3, 0.4) is 0 Å². The third kappa shape index (κ3) is 2.31. The molecule has 0 aromatic carbocycles. The van der Waals surface area contributed by atoms with E-state index >= 15 is 0 Å². The molecule has 1 saturated carbocycles. The van der Waals surface area contributed by atoms with Crippen LogP contribution < -0.4 is 5.73 Å². The Morgan fingerprint density at radius 3 is 3.00 bits per heavy atom. The first kappa shape index (κ1) is 11.8. The maximum Gasteiger partial charge on any atom is 0.355 e. The zero-order valence-corrected chi connectivity index (χ0v) is 10.5. The third-order valence-corrected chi connectivity index (χ3v) is 3.11. The van der Waals surface area contributed by atoms with Crippen molar-refractivity contribution in [2.24, 2.45) is 0 Å².